The van der Waals surface area contributed by atoms with Crippen molar-refractivity contribution in [1.82, 2.24) is 4.31 Å². The zero-order valence-electron chi connectivity index (χ0n) is 12.1. The quantitative estimate of drug-likeness (QED) is 0.724. The first-order chi connectivity index (χ1) is 9.73. The number of anilines is 1. The highest BCUT2D eigenvalue weighted by atomic mass is 79.9. The van der Waals surface area contributed by atoms with E-state index >= 15 is 0 Å². The minimum Gasteiger partial charge on any atom is -0.398 e. The fourth-order valence-electron chi connectivity index (χ4n) is 2.80. The van der Waals surface area contributed by atoms with Gasteiger partial charge in [-0.15, -0.1) is 0 Å². The molecule has 7 heteroatoms. The second kappa shape index (κ2) is 6.56. The maximum absolute atomic E-state index is 12.9. The number of nitrogens with two attached hydrogens (primary N) is 1. The van der Waals surface area contributed by atoms with E-state index in [1.165, 1.54) is 4.31 Å². The number of nitrogen functional groups attached to an aromatic ring is 1. The van der Waals surface area contributed by atoms with Crippen molar-refractivity contribution in [3.8, 4) is 0 Å². The summed E-state index contributed by atoms with van der Waals surface area (Å²) in [6.07, 6.45) is 3.96. The van der Waals surface area contributed by atoms with Gasteiger partial charge >= 0.3 is 0 Å². The Hall–Kier alpha value is -0.110. The molecule has 0 saturated heterocycles. The molecular weight excluding hydrogens is 420 g/mol. The molecule has 1 saturated carbocycles. The molecule has 1 aromatic rings. The highest BCUT2D eigenvalue weighted by Gasteiger charge is 2.33. The molecule has 2 rings (SSSR count). The molecule has 1 fully saturated rings. The number of hydrogen-bond acceptors (Lipinski definition) is 3. The summed E-state index contributed by atoms with van der Waals surface area (Å²) in [5, 5.41) is 0. The summed E-state index contributed by atoms with van der Waals surface area (Å²) in [6, 6.07) is 3.38. The van der Waals surface area contributed by atoms with Crippen LogP contribution in [0.5, 0.6) is 0 Å². The van der Waals surface area contributed by atoms with Gasteiger partial charge in [-0.2, -0.15) is 4.31 Å². The van der Waals surface area contributed by atoms with E-state index in [0.717, 1.165) is 30.2 Å². The molecule has 0 bridgehead atoms. The molecule has 0 amide bonds. The van der Waals surface area contributed by atoms with Crippen LogP contribution < -0.4 is 5.73 Å². The molecule has 0 spiro atoms. The summed E-state index contributed by atoms with van der Waals surface area (Å²) in [5.41, 5.74) is 6.19. The van der Waals surface area contributed by atoms with Crippen molar-refractivity contribution in [2.24, 2.45) is 5.92 Å². The standard InChI is InChI=1S/C14H20Br2N2O2S/c1-9-3-5-11(6-4-9)18(2)21(19,20)14-12(16)7-10(15)8-13(14)17/h7-9,11H,3-6,17H2,1-2H3. The largest absolute Gasteiger partial charge is 0.398 e. The van der Waals surface area contributed by atoms with Crippen LogP contribution in [-0.4, -0.2) is 25.8 Å². The van der Waals surface area contributed by atoms with Crippen molar-refractivity contribution in [2.45, 2.75) is 43.5 Å². The number of benzene rings is 1. The average Bonchev–Trinajstić information content (AvgIpc) is 2.37. The Bertz CT molecular complexity index is 603. The summed E-state index contributed by atoms with van der Waals surface area (Å²) in [5.74, 6) is 0.682. The minimum atomic E-state index is -3.59. The summed E-state index contributed by atoms with van der Waals surface area (Å²) >= 11 is 6.64. The van der Waals surface area contributed by atoms with Crippen molar-refractivity contribution in [3.63, 3.8) is 0 Å². The molecular formula is C14H20Br2N2O2S. The topological polar surface area (TPSA) is 63.4 Å². The average molecular weight is 440 g/mol. The van der Waals surface area contributed by atoms with Gasteiger partial charge < -0.3 is 5.73 Å². The number of nitrogens with zero attached hydrogens (tertiary/aromatic N) is 1. The molecule has 2 N–H and O–H groups in total. The molecule has 0 aliphatic heterocycles. The predicted octanol–water partition coefficient (Wildman–Crippen LogP) is 3.99. The van der Waals surface area contributed by atoms with E-state index in [2.05, 4.69) is 38.8 Å². The van der Waals surface area contributed by atoms with Crippen molar-refractivity contribution in [3.05, 3.63) is 21.1 Å². The molecule has 0 atom stereocenters. The zero-order valence-corrected chi connectivity index (χ0v) is 16.1. The Kier molecular flexibility index (Phi) is 5.39. The van der Waals surface area contributed by atoms with E-state index in [1.54, 1.807) is 19.2 Å². The van der Waals surface area contributed by atoms with Crippen LogP contribution in [0.2, 0.25) is 0 Å². The van der Waals surface area contributed by atoms with Crippen LogP contribution >= 0.6 is 31.9 Å². The Morgan fingerprint density at radius 3 is 2.29 bits per heavy atom. The van der Waals surface area contributed by atoms with Crippen LogP contribution in [0, 0.1) is 5.92 Å². The van der Waals surface area contributed by atoms with E-state index in [4.69, 9.17) is 5.73 Å². The monoisotopic (exact) mass is 438 g/mol. The van der Waals surface area contributed by atoms with Crippen molar-refractivity contribution < 1.29 is 8.42 Å². The van der Waals surface area contributed by atoms with Crippen molar-refractivity contribution in [2.75, 3.05) is 12.8 Å². The predicted molar refractivity (Wildman–Crippen MR) is 92.6 cm³/mol. The van der Waals surface area contributed by atoms with Crippen LogP contribution in [0.3, 0.4) is 0 Å². The van der Waals surface area contributed by atoms with Gasteiger partial charge in [0.05, 0.1) is 5.69 Å². The van der Waals surface area contributed by atoms with Gasteiger partial charge in [0.25, 0.3) is 0 Å². The Labute approximate surface area is 143 Å². The SMILES string of the molecule is CC1CCC(N(C)S(=O)(=O)c2c(N)cc(Br)cc2Br)CC1. The molecule has 118 valence electrons. The lowest BCUT2D eigenvalue weighted by Crippen LogP contribution is -2.39. The Morgan fingerprint density at radius 1 is 1.19 bits per heavy atom. The third-order valence-corrected chi connectivity index (χ3v) is 7.55. The van der Waals surface area contributed by atoms with Gasteiger partial charge in [-0.05, 0) is 59.7 Å². The lowest BCUT2D eigenvalue weighted by atomic mass is 9.87. The summed E-state index contributed by atoms with van der Waals surface area (Å²) in [6.45, 7) is 2.22. The first-order valence-electron chi connectivity index (χ1n) is 6.96. The van der Waals surface area contributed by atoms with E-state index in [-0.39, 0.29) is 16.6 Å². The summed E-state index contributed by atoms with van der Waals surface area (Å²) in [7, 11) is -1.94. The third-order valence-electron chi connectivity index (χ3n) is 4.17. The van der Waals surface area contributed by atoms with Gasteiger partial charge in [0.15, 0.2) is 0 Å². The molecule has 1 aromatic carbocycles. The zero-order chi connectivity index (χ0) is 15.8. The van der Waals surface area contributed by atoms with E-state index in [9.17, 15) is 8.42 Å². The first-order valence-corrected chi connectivity index (χ1v) is 9.98. The fraction of sp³-hybridized carbons (Fsp3) is 0.571. The van der Waals surface area contributed by atoms with E-state index in [0.29, 0.717) is 10.4 Å². The number of halogens is 2. The van der Waals surface area contributed by atoms with Crippen LogP contribution in [0.15, 0.2) is 26.0 Å². The van der Waals surface area contributed by atoms with Gasteiger partial charge in [0, 0.05) is 22.0 Å². The molecule has 0 radical (unpaired) electrons. The number of hydrogen-bond donors (Lipinski definition) is 1. The van der Waals surface area contributed by atoms with Crippen molar-refractivity contribution >= 4 is 47.6 Å². The second-order valence-corrected chi connectivity index (χ2v) is 9.45. The molecule has 0 heterocycles. The highest BCUT2D eigenvalue weighted by Crippen LogP contribution is 2.36. The summed E-state index contributed by atoms with van der Waals surface area (Å²) in [4.78, 5) is 0.159. The van der Waals surface area contributed by atoms with Gasteiger partial charge in [-0.3, -0.25) is 0 Å². The number of rotatable bonds is 3. The fourth-order valence-corrected chi connectivity index (χ4v) is 6.22. The molecule has 4 nitrogen and oxygen atoms in total. The van der Waals surface area contributed by atoms with Gasteiger partial charge in [-0.1, -0.05) is 22.9 Å². The molecule has 21 heavy (non-hydrogen) atoms. The smallest absolute Gasteiger partial charge is 0.246 e. The Morgan fingerprint density at radius 2 is 1.76 bits per heavy atom. The van der Waals surface area contributed by atoms with Crippen LogP contribution in [0.25, 0.3) is 0 Å². The maximum atomic E-state index is 12.9. The van der Waals surface area contributed by atoms with Gasteiger partial charge in [0.1, 0.15) is 4.90 Å². The maximum Gasteiger partial charge on any atom is 0.246 e. The van der Waals surface area contributed by atoms with Gasteiger partial charge in [-0.25, -0.2) is 8.42 Å². The van der Waals surface area contributed by atoms with E-state index in [1.807, 2.05) is 0 Å². The second-order valence-electron chi connectivity index (χ2n) is 5.74. The van der Waals surface area contributed by atoms with Gasteiger partial charge in [0.2, 0.25) is 10.0 Å². The van der Waals surface area contributed by atoms with Crippen molar-refractivity contribution in [1.29, 1.82) is 0 Å². The third kappa shape index (κ3) is 3.63. The van der Waals surface area contributed by atoms with E-state index < -0.39 is 10.0 Å². The molecule has 1 aliphatic carbocycles. The molecule has 1 aliphatic rings. The normalized spacial score (nSPS) is 23.5. The molecule has 0 aromatic heterocycles. The minimum absolute atomic E-state index is 0.0566. The number of sulfonamides is 1. The van der Waals surface area contributed by atoms with Crippen LogP contribution in [0.1, 0.15) is 32.6 Å². The lowest BCUT2D eigenvalue weighted by molar-refractivity contribution is 0.246. The Balaban J connectivity index is 2.34. The first kappa shape index (κ1) is 17.2. The van der Waals surface area contributed by atoms with Crippen LogP contribution in [0.4, 0.5) is 5.69 Å². The highest BCUT2D eigenvalue weighted by molar-refractivity contribution is 9.11. The van der Waals surface area contributed by atoms with Crippen LogP contribution in [-0.2, 0) is 10.0 Å². The molecule has 0 unspecified atom stereocenters. The lowest BCUT2D eigenvalue weighted by Gasteiger charge is -2.33. The summed E-state index contributed by atoms with van der Waals surface area (Å²) < 4.78 is 28.5.